The second-order valence-electron chi connectivity index (χ2n) is 4.80. The average Bonchev–Trinajstić information content (AvgIpc) is 2.40. The molecule has 0 aromatic heterocycles. The highest BCUT2D eigenvalue weighted by Crippen LogP contribution is 2.32. The molecule has 0 spiro atoms. The second-order valence-corrected chi connectivity index (χ2v) is 4.80. The predicted octanol–water partition coefficient (Wildman–Crippen LogP) is 2.87. The molecule has 0 unspecified atom stereocenters. The number of benzene rings is 1. The lowest BCUT2D eigenvalue weighted by Crippen LogP contribution is -2.47. The molecule has 3 nitrogen and oxygen atoms in total. The number of hydrogen-bond acceptors (Lipinski definition) is 2. The van der Waals surface area contributed by atoms with Crippen LogP contribution in [0.1, 0.15) is 37.7 Å². The SMILES string of the molecule is C#Cc1cccc(NC2(C(=O)O)CCCCC2)c1. The molecule has 1 fully saturated rings. The Bertz CT molecular complexity index is 482. The summed E-state index contributed by atoms with van der Waals surface area (Å²) in [4.78, 5) is 11.5. The summed E-state index contributed by atoms with van der Waals surface area (Å²) in [6.07, 6.45) is 9.71. The van der Waals surface area contributed by atoms with Gasteiger partial charge in [-0.25, -0.2) is 4.79 Å². The number of rotatable bonds is 3. The van der Waals surface area contributed by atoms with Gasteiger partial charge in [0, 0.05) is 11.3 Å². The van der Waals surface area contributed by atoms with Gasteiger partial charge >= 0.3 is 5.97 Å². The molecule has 1 aliphatic carbocycles. The zero-order valence-electron chi connectivity index (χ0n) is 10.3. The molecule has 1 aliphatic rings. The Morgan fingerprint density at radius 3 is 2.67 bits per heavy atom. The van der Waals surface area contributed by atoms with Crippen LogP contribution in [0.5, 0.6) is 0 Å². The quantitative estimate of drug-likeness (QED) is 0.802. The van der Waals surface area contributed by atoms with E-state index in [2.05, 4.69) is 11.2 Å². The van der Waals surface area contributed by atoms with E-state index in [1.807, 2.05) is 24.3 Å². The van der Waals surface area contributed by atoms with E-state index in [1.165, 1.54) is 0 Å². The van der Waals surface area contributed by atoms with E-state index in [4.69, 9.17) is 6.42 Å². The first kappa shape index (κ1) is 12.5. The molecule has 18 heavy (non-hydrogen) atoms. The van der Waals surface area contributed by atoms with Crippen LogP contribution in [0, 0.1) is 12.3 Å². The largest absolute Gasteiger partial charge is 0.480 e. The minimum absolute atomic E-state index is 0.669. The zero-order chi connectivity index (χ0) is 13.0. The molecule has 0 atom stereocenters. The predicted molar refractivity (Wildman–Crippen MR) is 71.5 cm³/mol. The third-order valence-electron chi connectivity index (χ3n) is 3.53. The van der Waals surface area contributed by atoms with Gasteiger partial charge in [-0.3, -0.25) is 0 Å². The molecule has 0 radical (unpaired) electrons. The number of nitrogens with one attached hydrogen (secondary N) is 1. The Kier molecular flexibility index (Phi) is 3.57. The summed E-state index contributed by atoms with van der Waals surface area (Å²) in [5.41, 5.74) is 0.719. The monoisotopic (exact) mass is 243 g/mol. The topological polar surface area (TPSA) is 49.3 Å². The van der Waals surface area contributed by atoms with Gasteiger partial charge in [0.05, 0.1) is 0 Å². The van der Waals surface area contributed by atoms with Crippen LogP contribution in [0.3, 0.4) is 0 Å². The lowest BCUT2D eigenvalue weighted by molar-refractivity contribution is -0.143. The normalized spacial score (nSPS) is 17.7. The van der Waals surface area contributed by atoms with Gasteiger partial charge in [0.2, 0.25) is 0 Å². The highest BCUT2D eigenvalue weighted by Gasteiger charge is 2.39. The number of terminal acetylenes is 1. The molecule has 0 saturated heterocycles. The van der Waals surface area contributed by atoms with Crippen LogP contribution in [0.4, 0.5) is 5.69 Å². The Balaban J connectivity index is 2.23. The van der Waals surface area contributed by atoms with E-state index in [0.29, 0.717) is 12.8 Å². The summed E-state index contributed by atoms with van der Waals surface area (Å²) in [6.45, 7) is 0. The van der Waals surface area contributed by atoms with Gasteiger partial charge in [-0.05, 0) is 31.0 Å². The van der Waals surface area contributed by atoms with E-state index < -0.39 is 11.5 Å². The van der Waals surface area contributed by atoms with Gasteiger partial charge in [-0.1, -0.05) is 31.2 Å². The van der Waals surface area contributed by atoms with E-state index in [1.54, 1.807) is 0 Å². The number of carboxylic acids is 1. The van der Waals surface area contributed by atoms with Crippen molar-refractivity contribution in [2.24, 2.45) is 0 Å². The maximum Gasteiger partial charge on any atom is 0.329 e. The second kappa shape index (κ2) is 5.14. The van der Waals surface area contributed by atoms with Crippen molar-refractivity contribution >= 4 is 11.7 Å². The first-order valence-electron chi connectivity index (χ1n) is 6.24. The summed E-state index contributed by atoms with van der Waals surface area (Å²) < 4.78 is 0. The molecule has 2 rings (SSSR count). The number of hydrogen-bond donors (Lipinski definition) is 2. The third-order valence-corrected chi connectivity index (χ3v) is 3.53. The van der Waals surface area contributed by atoms with E-state index >= 15 is 0 Å². The lowest BCUT2D eigenvalue weighted by Gasteiger charge is -2.35. The molecule has 0 heterocycles. The third kappa shape index (κ3) is 2.48. The van der Waals surface area contributed by atoms with Gasteiger partial charge in [-0.15, -0.1) is 6.42 Å². The minimum Gasteiger partial charge on any atom is -0.480 e. The molecular formula is C15H17NO2. The Morgan fingerprint density at radius 2 is 2.06 bits per heavy atom. The standard InChI is InChI=1S/C15H17NO2/c1-2-12-7-6-8-13(11-12)16-15(14(17)18)9-4-3-5-10-15/h1,6-8,11,16H,3-5,9-10H2,(H,17,18). The molecule has 0 amide bonds. The van der Waals surface area contributed by atoms with Crippen LogP contribution in [0.15, 0.2) is 24.3 Å². The highest BCUT2D eigenvalue weighted by atomic mass is 16.4. The lowest BCUT2D eigenvalue weighted by atomic mass is 9.81. The van der Waals surface area contributed by atoms with E-state index in [0.717, 1.165) is 30.5 Å². The number of aliphatic carboxylic acids is 1. The summed E-state index contributed by atoms with van der Waals surface area (Å²) in [6, 6.07) is 7.36. The van der Waals surface area contributed by atoms with Crippen LogP contribution >= 0.6 is 0 Å². The van der Waals surface area contributed by atoms with Gasteiger partial charge in [0.1, 0.15) is 5.54 Å². The molecule has 3 heteroatoms. The van der Waals surface area contributed by atoms with Crippen LogP contribution in [-0.2, 0) is 4.79 Å². The van der Waals surface area contributed by atoms with Gasteiger partial charge in [0.15, 0.2) is 0 Å². The fourth-order valence-electron chi connectivity index (χ4n) is 2.51. The van der Waals surface area contributed by atoms with Crippen molar-refractivity contribution in [1.29, 1.82) is 0 Å². The van der Waals surface area contributed by atoms with E-state index in [9.17, 15) is 9.90 Å². The Labute approximate surface area is 107 Å². The molecular weight excluding hydrogens is 226 g/mol. The van der Waals surface area contributed by atoms with Crippen LogP contribution < -0.4 is 5.32 Å². The minimum atomic E-state index is -0.828. The van der Waals surface area contributed by atoms with E-state index in [-0.39, 0.29) is 0 Å². The first-order valence-corrected chi connectivity index (χ1v) is 6.24. The highest BCUT2D eigenvalue weighted by molar-refractivity contribution is 5.83. The van der Waals surface area contributed by atoms with Crippen LogP contribution in [-0.4, -0.2) is 16.6 Å². The maximum atomic E-state index is 11.5. The molecule has 0 bridgehead atoms. The maximum absolute atomic E-state index is 11.5. The smallest absolute Gasteiger partial charge is 0.329 e. The summed E-state index contributed by atoms with van der Waals surface area (Å²) in [5.74, 6) is 1.79. The molecule has 94 valence electrons. The van der Waals surface area contributed by atoms with Crippen molar-refractivity contribution in [2.45, 2.75) is 37.6 Å². The molecule has 1 aromatic rings. The van der Waals surface area contributed by atoms with Gasteiger partial charge in [-0.2, -0.15) is 0 Å². The Hall–Kier alpha value is -1.95. The summed E-state index contributed by atoms with van der Waals surface area (Å²) in [5, 5.41) is 12.6. The zero-order valence-corrected chi connectivity index (χ0v) is 10.3. The Morgan fingerprint density at radius 1 is 1.33 bits per heavy atom. The van der Waals surface area contributed by atoms with Crippen molar-refractivity contribution in [3.8, 4) is 12.3 Å². The fourth-order valence-corrected chi connectivity index (χ4v) is 2.51. The van der Waals surface area contributed by atoms with Gasteiger partial charge in [0.25, 0.3) is 0 Å². The van der Waals surface area contributed by atoms with Gasteiger partial charge < -0.3 is 10.4 Å². The fraction of sp³-hybridized carbons (Fsp3) is 0.400. The van der Waals surface area contributed by atoms with Crippen molar-refractivity contribution in [3.05, 3.63) is 29.8 Å². The molecule has 1 aromatic carbocycles. The number of carboxylic acid groups (broad SMARTS) is 1. The average molecular weight is 243 g/mol. The first-order chi connectivity index (χ1) is 8.66. The van der Waals surface area contributed by atoms with Crippen molar-refractivity contribution in [1.82, 2.24) is 0 Å². The molecule has 2 N–H and O–H groups in total. The van der Waals surface area contributed by atoms with Crippen LogP contribution in [0.2, 0.25) is 0 Å². The molecule has 0 aliphatic heterocycles. The van der Waals surface area contributed by atoms with Crippen molar-refractivity contribution in [2.75, 3.05) is 5.32 Å². The van der Waals surface area contributed by atoms with Crippen LogP contribution in [0.25, 0.3) is 0 Å². The van der Waals surface area contributed by atoms with Crippen molar-refractivity contribution in [3.63, 3.8) is 0 Å². The van der Waals surface area contributed by atoms with Crippen molar-refractivity contribution < 1.29 is 9.90 Å². The molecule has 1 saturated carbocycles. The summed E-state index contributed by atoms with van der Waals surface area (Å²) in [7, 11) is 0. The number of anilines is 1. The summed E-state index contributed by atoms with van der Waals surface area (Å²) >= 11 is 0. The number of carbonyl (C=O) groups is 1.